The summed E-state index contributed by atoms with van der Waals surface area (Å²) in [6, 6.07) is 7.73. The SMILES string of the molecule is O=C(c1cc2cc(Cl)ccc2o1)c1cc(F)c(Cl)cc1F. The fraction of sp³-hybridized carbons (Fsp3) is 0. The molecule has 0 unspecified atom stereocenters. The molecule has 0 saturated heterocycles. The maximum Gasteiger partial charge on any atom is 0.231 e. The predicted octanol–water partition coefficient (Wildman–Crippen LogP) is 5.25. The molecule has 0 fully saturated rings. The molecule has 0 radical (unpaired) electrons. The van der Waals surface area contributed by atoms with Gasteiger partial charge in [-0.15, -0.1) is 0 Å². The molecule has 0 aliphatic rings. The van der Waals surface area contributed by atoms with Gasteiger partial charge in [-0.1, -0.05) is 23.2 Å². The molecule has 3 rings (SSSR count). The first-order valence-corrected chi connectivity index (χ1v) is 6.59. The summed E-state index contributed by atoms with van der Waals surface area (Å²) >= 11 is 11.3. The molecule has 0 spiro atoms. The number of furan rings is 1. The molecule has 3 aromatic rings. The highest BCUT2D eigenvalue weighted by Crippen LogP contribution is 2.26. The van der Waals surface area contributed by atoms with Crippen LogP contribution in [-0.2, 0) is 0 Å². The highest BCUT2D eigenvalue weighted by Gasteiger charge is 2.20. The Morgan fingerprint density at radius 2 is 1.76 bits per heavy atom. The molecule has 0 bridgehead atoms. The lowest BCUT2D eigenvalue weighted by Gasteiger charge is -2.01. The number of hydrogen-bond donors (Lipinski definition) is 0. The summed E-state index contributed by atoms with van der Waals surface area (Å²) in [6.07, 6.45) is 0. The quantitative estimate of drug-likeness (QED) is 0.475. The van der Waals surface area contributed by atoms with Crippen LogP contribution in [0.2, 0.25) is 10.0 Å². The van der Waals surface area contributed by atoms with Crippen molar-refractivity contribution < 1.29 is 18.0 Å². The van der Waals surface area contributed by atoms with Gasteiger partial charge in [-0.05, 0) is 36.4 Å². The average molecular weight is 327 g/mol. The van der Waals surface area contributed by atoms with Crippen molar-refractivity contribution in [2.24, 2.45) is 0 Å². The highest BCUT2D eigenvalue weighted by molar-refractivity contribution is 6.31. The zero-order chi connectivity index (χ0) is 15.1. The van der Waals surface area contributed by atoms with Gasteiger partial charge in [0.15, 0.2) is 5.76 Å². The Balaban J connectivity index is 2.10. The molecule has 0 aliphatic carbocycles. The molecule has 1 aromatic heterocycles. The van der Waals surface area contributed by atoms with Gasteiger partial charge >= 0.3 is 0 Å². The maximum absolute atomic E-state index is 13.8. The van der Waals surface area contributed by atoms with E-state index in [0.717, 1.165) is 12.1 Å². The lowest BCUT2D eigenvalue weighted by molar-refractivity contribution is 0.101. The van der Waals surface area contributed by atoms with Crippen LogP contribution in [0.15, 0.2) is 40.8 Å². The van der Waals surface area contributed by atoms with Crippen molar-refractivity contribution in [3.05, 3.63) is 69.4 Å². The molecule has 1 heterocycles. The Morgan fingerprint density at radius 1 is 1.00 bits per heavy atom. The Hall–Kier alpha value is -1.91. The minimum Gasteiger partial charge on any atom is -0.453 e. The number of benzene rings is 2. The van der Waals surface area contributed by atoms with E-state index in [9.17, 15) is 13.6 Å². The van der Waals surface area contributed by atoms with E-state index in [1.807, 2.05) is 0 Å². The summed E-state index contributed by atoms with van der Waals surface area (Å²) in [5.74, 6) is -2.66. The van der Waals surface area contributed by atoms with Crippen molar-refractivity contribution in [2.75, 3.05) is 0 Å². The van der Waals surface area contributed by atoms with E-state index in [1.54, 1.807) is 18.2 Å². The van der Waals surface area contributed by atoms with Crippen molar-refractivity contribution in [3.8, 4) is 0 Å². The zero-order valence-electron chi connectivity index (χ0n) is 10.3. The van der Waals surface area contributed by atoms with E-state index in [2.05, 4.69) is 0 Å². The molecule has 2 nitrogen and oxygen atoms in total. The maximum atomic E-state index is 13.8. The number of hydrogen-bond acceptors (Lipinski definition) is 2. The summed E-state index contributed by atoms with van der Waals surface area (Å²) in [7, 11) is 0. The predicted molar refractivity (Wildman–Crippen MR) is 76.0 cm³/mol. The van der Waals surface area contributed by atoms with Gasteiger partial charge in [0, 0.05) is 10.4 Å². The lowest BCUT2D eigenvalue weighted by atomic mass is 10.1. The van der Waals surface area contributed by atoms with Crippen LogP contribution >= 0.6 is 23.2 Å². The van der Waals surface area contributed by atoms with Gasteiger partial charge in [-0.25, -0.2) is 8.78 Å². The normalized spacial score (nSPS) is 11.0. The molecule has 0 atom stereocenters. The van der Waals surface area contributed by atoms with Crippen LogP contribution in [0.4, 0.5) is 8.78 Å². The zero-order valence-corrected chi connectivity index (χ0v) is 11.8. The van der Waals surface area contributed by atoms with Gasteiger partial charge < -0.3 is 4.42 Å². The summed E-state index contributed by atoms with van der Waals surface area (Å²) in [5.41, 5.74) is -0.0142. The van der Waals surface area contributed by atoms with E-state index >= 15 is 0 Å². The van der Waals surface area contributed by atoms with Gasteiger partial charge in [0.2, 0.25) is 5.78 Å². The highest BCUT2D eigenvalue weighted by atomic mass is 35.5. The smallest absolute Gasteiger partial charge is 0.231 e. The largest absolute Gasteiger partial charge is 0.453 e. The monoisotopic (exact) mass is 326 g/mol. The number of carbonyl (C=O) groups is 1. The number of rotatable bonds is 2. The molecule has 0 N–H and O–H groups in total. The molecule has 21 heavy (non-hydrogen) atoms. The van der Waals surface area contributed by atoms with Gasteiger partial charge in [-0.2, -0.15) is 0 Å². The molecule has 106 valence electrons. The van der Waals surface area contributed by atoms with Gasteiger partial charge in [-0.3, -0.25) is 4.79 Å². The number of ketones is 1. The first-order valence-electron chi connectivity index (χ1n) is 5.84. The van der Waals surface area contributed by atoms with Crippen LogP contribution in [0, 0.1) is 11.6 Å². The van der Waals surface area contributed by atoms with Crippen molar-refractivity contribution in [3.63, 3.8) is 0 Å². The summed E-state index contributed by atoms with van der Waals surface area (Å²) in [6.45, 7) is 0. The van der Waals surface area contributed by atoms with Gasteiger partial charge in [0.05, 0.1) is 10.6 Å². The van der Waals surface area contributed by atoms with Crippen LogP contribution in [0.1, 0.15) is 16.1 Å². The third kappa shape index (κ3) is 2.52. The third-order valence-electron chi connectivity index (χ3n) is 2.96. The van der Waals surface area contributed by atoms with E-state index in [1.165, 1.54) is 6.07 Å². The minimum atomic E-state index is -0.912. The number of fused-ring (bicyclic) bond motifs is 1. The fourth-order valence-electron chi connectivity index (χ4n) is 1.96. The van der Waals surface area contributed by atoms with E-state index < -0.39 is 23.0 Å². The van der Waals surface area contributed by atoms with Crippen molar-refractivity contribution >= 4 is 40.0 Å². The van der Waals surface area contributed by atoms with Crippen LogP contribution < -0.4 is 0 Å². The average Bonchev–Trinajstić information content (AvgIpc) is 2.85. The van der Waals surface area contributed by atoms with Crippen LogP contribution in [-0.4, -0.2) is 5.78 Å². The molecule has 2 aromatic carbocycles. The van der Waals surface area contributed by atoms with Crippen LogP contribution in [0.5, 0.6) is 0 Å². The molecule has 0 saturated carbocycles. The van der Waals surface area contributed by atoms with Gasteiger partial charge in [0.1, 0.15) is 17.2 Å². The number of halogens is 4. The Morgan fingerprint density at radius 3 is 2.52 bits per heavy atom. The van der Waals surface area contributed by atoms with E-state index in [-0.39, 0.29) is 10.8 Å². The molecular formula is C15H6Cl2F2O2. The summed E-state index contributed by atoms with van der Waals surface area (Å²) < 4.78 is 32.5. The van der Waals surface area contributed by atoms with Crippen LogP contribution in [0.3, 0.4) is 0 Å². The number of carbonyl (C=O) groups excluding carboxylic acids is 1. The Kier molecular flexibility index (Phi) is 3.43. The second kappa shape index (κ2) is 5.13. The topological polar surface area (TPSA) is 30.2 Å². The summed E-state index contributed by atoms with van der Waals surface area (Å²) in [5, 5.41) is 0.687. The second-order valence-corrected chi connectivity index (χ2v) is 5.21. The van der Waals surface area contributed by atoms with Crippen molar-refractivity contribution in [1.29, 1.82) is 0 Å². The summed E-state index contributed by atoms with van der Waals surface area (Å²) in [4.78, 5) is 12.2. The Bertz CT molecular complexity index is 871. The molecule has 6 heteroatoms. The first-order chi connectivity index (χ1) is 9.95. The van der Waals surface area contributed by atoms with Crippen molar-refractivity contribution in [2.45, 2.75) is 0 Å². The third-order valence-corrected chi connectivity index (χ3v) is 3.48. The van der Waals surface area contributed by atoms with Crippen molar-refractivity contribution in [1.82, 2.24) is 0 Å². The first kappa shape index (κ1) is 14.0. The second-order valence-electron chi connectivity index (χ2n) is 4.37. The van der Waals surface area contributed by atoms with Crippen LogP contribution in [0.25, 0.3) is 11.0 Å². The molecule has 0 aliphatic heterocycles. The molecule has 0 amide bonds. The van der Waals surface area contributed by atoms with E-state index in [4.69, 9.17) is 27.6 Å². The van der Waals surface area contributed by atoms with E-state index in [0.29, 0.717) is 16.0 Å². The van der Waals surface area contributed by atoms with Gasteiger partial charge in [0.25, 0.3) is 0 Å². The standard InChI is InChI=1S/C15H6Cl2F2O2/c16-8-1-2-13-7(3-8)4-14(21-13)15(20)9-5-12(19)10(17)6-11(9)18/h1-6H. The minimum absolute atomic E-state index is 0.104. The fourth-order valence-corrected chi connectivity index (χ4v) is 2.29. The lowest BCUT2D eigenvalue weighted by Crippen LogP contribution is -2.04. The molecular weight excluding hydrogens is 321 g/mol. The Labute approximate surface area is 127 Å².